The number of carbonyl (C=O) groups excluding carboxylic acids is 3. The lowest BCUT2D eigenvalue weighted by Crippen LogP contribution is -2.54. The van der Waals surface area contributed by atoms with E-state index < -0.39 is 11.0 Å². The second-order valence-corrected chi connectivity index (χ2v) is 12.6. The molecule has 0 unspecified atom stereocenters. The second kappa shape index (κ2) is 9.28. The van der Waals surface area contributed by atoms with Gasteiger partial charge >= 0.3 is 5.97 Å². The fourth-order valence-electron chi connectivity index (χ4n) is 7.59. The fourth-order valence-corrected chi connectivity index (χ4v) is 7.59. The van der Waals surface area contributed by atoms with E-state index in [2.05, 4.69) is 59.8 Å². The van der Waals surface area contributed by atoms with Gasteiger partial charge in [0.25, 0.3) is 0 Å². The maximum atomic E-state index is 14.1. The van der Waals surface area contributed by atoms with Crippen molar-refractivity contribution in [3.8, 4) is 0 Å². The van der Waals surface area contributed by atoms with Gasteiger partial charge in [0.05, 0.1) is 5.41 Å². The molecule has 0 aromatic carbocycles. The van der Waals surface area contributed by atoms with Crippen LogP contribution >= 0.6 is 0 Å². The van der Waals surface area contributed by atoms with Crippen LogP contribution in [0.4, 0.5) is 0 Å². The predicted octanol–water partition coefficient (Wildman–Crippen LogP) is 5.86. The van der Waals surface area contributed by atoms with Crippen LogP contribution in [-0.4, -0.2) is 35.8 Å². The molecule has 0 radical (unpaired) electrons. The van der Waals surface area contributed by atoms with Gasteiger partial charge in [-0.3, -0.25) is 9.59 Å². The summed E-state index contributed by atoms with van der Waals surface area (Å²) in [6, 6.07) is 0. The van der Waals surface area contributed by atoms with E-state index in [-0.39, 0.29) is 35.3 Å². The molecule has 0 N–H and O–H groups in total. The van der Waals surface area contributed by atoms with Gasteiger partial charge in [-0.2, -0.15) is 0 Å². The molecule has 9 atom stereocenters. The highest BCUT2D eigenvalue weighted by molar-refractivity contribution is 6.03. The number of rotatable bonds is 8. The third-order valence-corrected chi connectivity index (χ3v) is 10.3. The van der Waals surface area contributed by atoms with Crippen LogP contribution in [0.3, 0.4) is 0 Å². The van der Waals surface area contributed by atoms with Crippen molar-refractivity contribution in [3.05, 3.63) is 23.8 Å². The second-order valence-electron chi connectivity index (χ2n) is 12.6. The van der Waals surface area contributed by atoms with Crippen LogP contribution in [0, 0.1) is 40.4 Å². The van der Waals surface area contributed by atoms with Gasteiger partial charge in [0.1, 0.15) is 24.1 Å². The summed E-state index contributed by atoms with van der Waals surface area (Å²) >= 11 is 0. The number of allylic oxidation sites excluding steroid dienone is 3. The molecule has 1 saturated heterocycles. The molecule has 2 saturated carbocycles. The molecule has 194 valence electrons. The summed E-state index contributed by atoms with van der Waals surface area (Å²) < 4.78 is 11.8. The summed E-state index contributed by atoms with van der Waals surface area (Å²) in [7, 11) is 0. The highest BCUT2D eigenvalue weighted by Crippen LogP contribution is 2.66. The maximum Gasteiger partial charge on any atom is 0.302 e. The van der Waals surface area contributed by atoms with E-state index in [0.717, 1.165) is 24.7 Å². The molecular formula is C30H44O5. The van der Waals surface area contributed by atoms with Crippen molar-refractivity contribution >= 4 is 18.0 Å². The largest absolute Gasteiger partial charge is 0.462 e. The number of epoxide rings is 1. The molecule has 3 aliphatic carbocycles. The van der Waals surface area contributed by atoms with Crippen LogP contribution in [0.15, 0.2) is 23.8 Å². The Morgan fingerprint density at radius 2 is 1.89 bits per heavy atom. The highest BCUT2D eigenvalue weighted by atomic mass is 16.6. The summed E-state index contributed by atoms with van der Waals surface area (Å²) in [4.78, 5) is 37.5. The van der Waals surface area contributed by atoms with Gasteiger partial charge in [-0.15, -0.1) is 0 Å². The smallest absolute Gasteiger partial charge is 0.302 e. The Balaban J connectivity index is 1.60. The average Bonchev–Trinajstić information content (AvgIpc) is 3.38. The standard InChI is InChI=1S/C30H44O5/c1-18(2)19(3)8-9-20(4)24-10-11-25(28(24,6)14-15-31)23-16-26-30(35-26)17-22(34-21(5)32)12-13-29(30,7)27(23)33/h8-9,15-16,18-20,22,24-26H,10-14,17H2,1-7H3/t19-,20+,22-,24+,25-,26-,28+,29+,30-/m0/s1. The topological polar surface area (TPSA) is 73.0 Å². The number of carbonyl (C=O) groups is 3. The molecule has 5 heteroatoms. The van der Waals surface area contributed by atoms with Crippen LogP contribution < -0.4 is 0 Å². The van der Waals surface area contributed by atoms with Crippen LogP contribution in [0.2, 0.25) is 0 Å². The van der Waals surface area contributed by atoms with Crippen molar-refractivity contribution < 1.29 is 23.9 Å². The Morgan fingerprint density at radius 3 is 2.51 bits per heavy atom. The summed E-state index contributed by atoms with van der Waals surface area (Å²) in [5.74, 6) is 1.77. The molecule has 0 bridgehead atoms. The highest BCUT2D eigenvalue weighted by Gasteiger charge is 2.74. The number of esters is 1. The van der Waals surface area contributed by atoms with Crippen molar-refractivity contribution in [2.45, 2.75) is 105 Å². The molecular weight excluding hydrogens is 440 g/mol. The van der Waals surface area contributed by atoms with Gasteiger partial charge in [0, 0.05) is 19.8 Å². The molecule has 1 spiro atoms. The molecule has 1 aliphatic heterocycles. The van der Waals surface area contributed by atoms with Gasteiger partial charge in [-0.1, -0.05) is 46.8 Å². The summed E-state index contributed by atoms with van der Waals surface area (Å²) in [6.45, 7) is 14.7. The molecule has 0 amide bonds. The monoisotopic (exact) mass is 484 g/mol. The lowest BCUT2D eigenvalue weighted by Gasteiger charge is -2.46. The molecule has 4 aliphatic rings. The Bertz CT molecular complexity index is 933. The average molecular weight is 485 g/mol. The van der Waals surface area contributed by atoms with Crippen molar-refractivity contribution in [2.24, 2.45) is 40.4 Å². The number of Topliss-reactive ketones (excluding diaryl/α,β-unsaturated/α-hetero) is 1. The first-order valence-corrected chi connectivity index (χ1v) is 13.6. The fraction of sp³-hybridized carbons (Fsp3) is 0.767. The molecule has 4 rings (SSSR count). The minimum Gasteiger partial charge on any atom is -0.462 e. The minimum absolute atomic E-state index is 0.0637. The van der Waals surface area contributed by atoms with E-state index >= 15 is 0 Å². The zero-order valence-corrected chi connectivity index (χ0v) is 22.6. The molecule has 5 nitrogen and oxygen atoms in total. The van der Waals surface area contributed by atoms with Crippen molar-refractivity contribution in [3.63, 3.8) is 0 Å². The molecule has 0 aromatic heterocycles. The van der Waals surface area contributed by atoms with Crippen molar-refractivity contribution in [1.29, 1.82) is 0 Å². The summed E-state index contributed by atoms with van der Waals surface area (Å²) in [5.41, 5.74) is -0.519. The Kier molecular flexibility index (Phi) is 6.98. The first kappa shape index (κ1) is 26.3. The van der Waals surface area contributed by atoms with Crippen LogP contribution in [0.25, 0.3) is 0 Å². The number of aldehydes is 1. The van der Waals surface area contributed by atoms with E-state index in [4.69, 9.17) is 9.47 Å². The lowest BCUT2D eigenvalue weighted by atomic mass is 9.55. The number of ether oxygens (including phenoxy) is 2. The summed E-state index contributed by atoms with van der Waals surface area (Å²) in [5, 5.41) is 0. The number of ketones is 1. The molecule has 3 fully saturated rings. The maximum absolute atomic E-state index is 14.1. The van der Waals surface area contributed by atoms with E-state index in [0.29, 0.717) is 49.4 Å². The van der Waals surface area contributed by atoms with E-state index in [9.17, 15) is 14.4 Å². The zero-order valence-electron chi connectivity index (χ0n) is 22.6. The van der Waals surface area contributed by atoms with Crippen LogP contribution in [0.1, 0.15) is 87.0 Å². The summed E-state index contributed by atoms with van der Waals surface area (Å²) in [6.07, 6.45) is 11.8. The van der Waals surface area contributed by atoms with Gasteiger partial charge in [-0.25, -0.2) is 0 Å². The van der Waals surface area contributed by atoms with Gasteiger partial charge < -0.3 is 14.3 Å². The van der Waals surface area contributed by atoms with E-state index in [1.165, 1.54) is 6.92 Å². The predicted molar refractivity (Wildman–Crippen MR) is 136 cm³/mol. The Morgan fingerprint density at radius 1 is 1.17 bits per heavy atom. The first-order chi connectivity index (χ1) is 16.4. The normalized spacial score (nSPS) is 42.3. The minimum atomic E-state index is -0.600. The van der Waals surface area contributed by atoms with Gasteiger partial charge in [0.2, 0.25) is 0 Å². The van der Waals surface area contributed by atoms with E-state index in [1.54, 1.807) is 0 Å². The quantitative estimate of drug-likeness (QED) is 0.187. The van der Waals surface area contributed by atoms with Crippen LogP contribution in [-0.2, 0) is 23.9 Å². The third-order valence-electron chi connectivity index (χ3n) is 10.3. The van der Waals surface area contributed by atoms with Crippen molar-refractivity contribution in [1.82, 2.24) is 0 Å². The SMILES string of the molecule is CC(=O)O[C@H]1CC[C@]2(C)C(=O)C([C@@H]3CC[C@H]([C@H](C)C=C[C@H](C)C(C)C)[C@@]3(C)CC=O)=C[C@@H]3O[C@@]32C1. The van der Waals surface area contributed by atoms with E-state index in [1.807, 2.05) is 0 Å². The molecule has 0 aromatic rings. The number of hydrogen-bond donors (Lipinski definition) is 0. The molecule has 35 heavy (non-hydrogen) atoms. The first-order valence-electron chi connectivity index (χ1n) is 13.6. The van der Waals surface area contributed by atoms with Crippen LogP contribution in [0.5, 0.6) is 0 Å². The number of hydrogen-bond acceptors (Lipinski definition) is 5. The van der Waals surface area contributed by atoms with Gasteiger partial charge in [-0.05, 0) is 79.3 Å². The zero-order chi connectivity index (χ0) is 25.8. The third kappa shape index (κ3) is 4.26. The van der Waals surface area contributed by atoms with Gasteiger partial charge in [0.15, 0.2) is 5.78 Å². The molecule has 1 heterocycles. The lowest BCUT2D eigenvalue weighted by molar-refractivity contribution is -0.153. The van der Waals surface area contributed by atoms with Crippen molar-refractivity contribution in [2.75, 3.05) is 0 Å². The Hall–Kier alpha value is -1.75. The Labute approximate surface area is 211 Å².